The lowest BCUT2D eigenvalue weighted by atomic mass is 9.88. The molecule has 2 aromatic rings. The molecule has 0 amide bonds. The summed E-state index contributed by atoms with van der Waals surface area (Å²) in [6.45, 7) is 3.39. The highest BCUT2D eigenvalue weighted by Crippen LogP contribution is 2.30. The summed E-state index contributed by atoms with van der Waals surface area (Å²) in [7, 11) is 0. The van der Waals surface area contributed by atoms with Crippen molar-refractivity contribution in [1.82, 2.24) is 0 Å². The second-order valence-corrected chi connectivity index (χ2v) is 5.79. The number of hydrogen-bond acceptors (Lipinski definition) is 1. The lowest BCUT2D eigenvalue weighted by molar-refractivity contribution is 0.102. The van der Waals surface area contributed by atoms with Crippen LogP contribution in [-0.4, -0.2) is 5.11 Å². The monoisotopic (exact) mass is 356 g/mol. The van der Waals surface area contributed by atoms with Crippen LogP contribution in [0.1, 0.15) is 23.6 Å². The summed E-state index contributed by atoms with van der Waals surface area (Å²) >= 11 is 2.21. The van der Waals surface area contributed by atoms with Gasteiger partial charge in [-0.3, -0.25) is 0 Å². The molecule has 0 spiro atoms. The van der Waals surface area contributed by atoms with Gasteiger partial charge in [0.25, 0.3) is 0 Å². The first kappa shape index (κ1) is 13.5. The van der Waals surface area contributed by atoms with Crippen molar-refractivity contribution in [2.24, 2.45) is 0 Å². The Labute approximate surface area is 120 Å². The number of aliphatic hydroxyl groups is 1. The zero-order valence-corrected chi connectivity index (χ0v) is 12.4. The third-order valence-electron chi connectivity index (χ3n) is 3.14. The van der Waals surface area contributed by atoms with Crippen molar-refractivity contribution in [2.45, 2.75) is 19.4 Å². The van der Waals surface area contributed by atoms with Gasteiger partial charge >= 0.3 is 0 Å². The average molecular weight is 356 g/mol. The lowest BCUT2D eigenvalue weighted by Crippen LogP contribution is -2.23. The third kappa shape index (κ3) is 2.57. The van der Waals surface area contributed by atoms with Crippen molar-refractivity contribution in [2.75, 3.05) is 0 Å². The molecule has 0 fully saturated rings. The number of benzene rings is 2. The van der Waals surface area contributed by atoms with Crippen LogP contribution in [0.15, 0.2) is 42.5 Å². The summed E-state index contributed by atoms with van der Waals surface area (Å²) in [5.74, 6) is -0.293. The molecule has 1 nitrogen and oxygen atoms in total. The Balaban J connectivity index is 2.46. The molecule has 0 aliphatic rings. The van der Waals surface area contributed by atoms with E-state index in [1.807, 2.05) is 24.3 Å². The van der Waals surface area contributed by atoms with Crippen LogP contribution in [0, 0.1) is 16.3 Å². The molecular weight excluding hydrogens is 342 g/mol. The molecule has 18 heavy (non-hydrogen) atoms. The zero-order valence-electron chi connectivity index (χ0n) is 10.2. The second kappa shape index (κ2) is 4.97. The van der Waals surface area contributed by atoms with Gasteiger partial charge in [-0.2, -0.15) is 0 Å². The minimum atomic E-state index is -1.18. The van der Waals surface area contributed by atoms with Crippen LogP contribution in [0.5, 0.6) is 0 Å². The van der Waals surface area contributed by atoms with Gasteiger partial charge in [-0.05, 0) is 71.3 Å². The maximum Gasteiger partial charge on any atom is 0.126 e. The standard InChI is InChI=1S/C15H14FIO/c1-10-3-4-12(9-14(10)16)15(2,18)11-5-7-13(17)8-6-11/h3-9,18H,1-2H3. The van der Waals surface area contributed by atoms with Crippen LogP contribution >= 0.6 is 22.6 Å². The molecule has 1 N–H and O–H groups in total. The molecule has 0 aliphatic carbocycles. The number of hydrogen-bond donors (Lipinski definition) is 1. The van der Waals surface area contributed by atoms with Crippen molar-refractivity contribution in [3.8, 4) is 0 Å². The van der Waals surface area contributed by atoms with E-state index in [0.717, 1.165) is 9.13 Å². The molecule has 2 rings (SSSR count). The molecule has 0 heterocycles. The fourth-order valence-electron chi connectivity index (χ4n) is 1.84. The second-order valence-electron chi connectivity index (χ2n) is 4.54. The van der Waals surface area contributed by atoms with Gasteiger partial charge in [-0.1, -0.05) is 24.3 Å². The van der Waals surface area contributed by atoms with Crippen molar-refractivity contribution in [1.29, 1.82) is 0 Å². The molecule has 0 bridgehead atoms. The van der Waals surface area contributed by atoms with Crippen LogP contribution < -0.4 is 0 Å². The van der Waals surface area contributed by atoms with Crippen LogP contribution in [0.3, 0.4) is 0 Å². The summed E-state index contributed by atoms with van der Waals surface area (Å²) in [5.41, 5.74) is 0.717. The fraction of sp³-hybridized carbons (Fsp3) is 0.200. The third-order valence-corrected chi connectivity index (χ3v) is 3.86. The van der Waals surface area contributed by atoms with Gasteiger partial charge in [0, 0.05) is 3.57 Å². The van der Waals surface area contributed by atoms with Gasteiger partial charge in [0.2, 0.25) is 0 Å². The average Bonchev–Trinajstić information content (AvgIpc) is 2.33. The van der Waals surface area contributed by atoms with Gasteiger partial charge in [-0.25, -0.2) is 4.39 Å². The molecule has 0 radical (unpaired) electrons. The minimum absolute atomic E-state index is 0.293. The van der Waals surface area contributed by atoms with E-state index in [4.69, 9.17) is 0 Å². The Kier molecular flexibility index (Phi) is 3.73. The number of rotatable bonds is 2. The van der Waals surface area contributed by atoms with E-state index in [1.165, 1.54) is 6.07 Å². The van der Waals surface area contributed by atoms with Gasteiger partial charge in [0.05, 0.1) is 0 Å². The number of aryl methyl sites for hydroxylation is 1. The zero-order chi connectivity index (χ0) is 13.3. The quantitative estimate of drug-likeness (QED) is 0.807. The molecule has 3 heteroatoms. The van der Waals surface area contributed by atoms with Gasteiger partial charge in [0.1, 0.15) is 11.4 Å². The maximum atomic E-state index is 13.6. The Hall–Kier alpha value is -0.940. The fourth-order valence-corrected chi connectivity index (χ4v) is 2.20. The first-order valence-electron chi connectivity index (χ1n) is 5.66. The number of halogens is 2. The molecule has 0 aliphatic heterocycles. The maximum absolute atomic E-state index is 13.6. The van der Waals surface area contributed by atoms with Gasteiger partial charge < -0.3 is 5.11 Å². The Morgan fingerprint density at radius 2 is 1.61 bits per heavy atom. The summed E-state index contributed by atoms with van der Waals surface area (Å²) in [6, 6.07) is 12.4. The lowest BCUT2D eigenvalue weighted by Gasteiger charge is -2.25. The van der Waals surface area contributed by atoms with Crippen molar-refractivity contribution >= 4 is 22.6 Å². The van der Waals surface area contributed by atoms with Crippen LogP contribution in [-0.2, 0) is 5.60 Å². The van der Waals surface area contributed by atoms with Crippen LogP contribution in [0.25, 0.3) is 0 Å². The van der Waals surface area contributed by atoms with E-state index in [9.17, 15) is 9.50 Å². The van der Waals surface area contributed by atoms with Crippen molar-refractivity contribution in [3.05, 3.63) is 68.5 Å². The summed E-state index contributed by atoms with van der Waals surface area (Å²) in [5, 5.41) is 10.6. The molecule has 94 valence electrons. The van der Waals surface area contributed by atoms with Crippen LogP contribution in [0.2, 0.25) is 0 Å². The summed E-state index contributed by atoms with van der Waals surface area (Å²) in [6.07, 6.45) is 0. The highest BCUT2D eigenvalue weighted by atomic mass is 127. The first-order valence-corrected chi connectivity index (χ1v) is 6.74. The highest BCUT2D eigenvalue weighted by molar-refractivity contribution is 14.1. The highest BCUT2D eigenvalue weighted by Gasteiger charge is 2.26. The largest absolute Gasteiger partial charge is 0.381 e. The molecule has 0 aromatic heterocycles. The predicted octanol–water partition coefficient (Wildman–Crippen LogP) is 3.99. The van der Waals surface area contributed by atoms with E-state index in [-0.39, 0.29) is 5.82 Å². The van der Waals surface area contributed by atoms with E-state index in [2.05, 4.69) is 22.6 Å². The summed E-state index contributed by atoms with van der Waals surface area (Å²) < 4.78 is 14.7. The van der Waals surface area contributed by atoms with E-state index in [1.54, 1.807) is 26.0 Å². The molecule has 1 unspecified atom stereocenters. The predicted molar refractivity (Wildman–Crippen MR) is 79.0 cm³/mol. The Morgan fingerprint density at radius 1 is 1.06 bits per heavy atom. The minimum Gasteiger partial charge on any atom is -0.381 e. The van der Waals surface area contributed by atoms with Crippen molar-refractivity contribution in [3.63, 3.8) is 0 Å². The first-order chi connectivity index (χ1) is 8.41. The smallest absolute Gasteiger partial charge is 0.126 e. The van der Waals surface area contributed by atoms with Gasteiger partial charge in [0.15, 0.2) is 0 Å². The molecule has 0 saturated carbocycles. The van der Waals surface area contributed by atoms with Crippen molar-refractivity contribution < 1.29 is 9.50 Å². The molecular formula is C15H14FIO. The summed E-state index contributed by atoms with van der Waals surface area (Å²) in [4.78, 5) is 0. The SMILES string of the molecule is Cc1ccc(C(C)(O)c2ccc(I)cc2)cc1F. The van der Waals surface area contributed by atoms with E-state index >= 15 is 0 Å². The molecule has 2 aromatic carbocycles. The van der Waals surface area contributed by atoms with E-state index < -0.39 is 5.60 Å². The topological polar surface area (TPSA) is 20.2 Å². The van der Waals surface area contributed by atoms with Crippen LogP contribution in [0.4, 0.5) is 4.39 Å². The molecule has 1 atom stereocenters. The Bertz CT molecular complexity index is 561. The normalized spacial score (nSPS) is 14.3. The van der Waals surface area contributed by atoms with Gasteiger partial charge in [-0.15, -0.1) is 0 Å². The van der Waals surface area contributed by atoms with E-state index in [0.29, 0.717) is 11.1 Å². The molecule has 0 saturated heterocycles. The Morgan fingerprint density at radius 3 is 2.17 bits per heavy atom.